The van der Waals surface area contributed by atoms with Crippen LogP contribution in [0.1, 0.15) is 22.3 Å². The second-order valence-electron chi connectivity index (χ2n) is 17.1. The molecule has 0 N–H and O–H groups in total. The van der Waals surface area contributed by atoms with Gasteiger partial charge < -0.3 is 4.98 Å². The van der Waals surface area contributed by atoms with Crippen LogP contribution in [-0.4, -0.2) is 24.5 Å². The van der Waals surface area contributed by atoms with Gasteiger partial charge >= 0.3 is 20.1 Å². The summed E-state index contributed by atoms with van der Waals surface area (Å²) in [7, 11) is 0. The van der Waals surface area contributed by atoms with E-state index < -0.39 is 0 Å². The molecule has 5 nitrogen and oxygen atoms in total. The number of pyridine rings is 1. The molecule has 0 aliphatic rings. The summed E-state index contributed by atoms with van der Waals surface area (Å²) in [5, 5.41) is 8.77. The fourth-order valence-corrected chi connectivity index (χ4v) is 9.02. The Morgan fingerprint density at radius 2 is 0.913 bits per heavy atom. The Morgan fingerprint density at radius 3 is 1.48 bits per heavy atom. The van der Waals surface area contributed by atoms with Gasteiger partial charge in [-0.05, 0) is 97.7 Å². The third-order valence-electron chi connectivity index (χ3n) is 12.6. The maximum absolute atomic E-state index is 5.20. The zero-order valence-corrected chi connectivity index (χ0v) is 40.2. The first kappa shape index (κ1) is 44.8. The Morgan fingerprint density at radius 1 is 0.377 bits per heavy atom. The van der Waals surface area contributed by atoms with Gasteiger partial charge in [0.15, 0.2) is 0 Å². The van der Waals surface area contributed by atoms with Crippen LogP contribution in [0.3, 0.4) is 0 Å². The molecule has 0 radical (unpaired) electrons. The van der Waals surface area contributed by atoms with Gasteiger partial charge in [-0.25, -0.2) is 0 Å². The Kier molecular flexibility index (Phi) is 13.6. The molecule has 0 aliphatic heterocycles. The van der Waals surface area contributed by atoms with Crippen LogP contribution in [0.5, 0.6) is 0 Å². The first-order valence-corrected chi connectivity index (χ1v) is 23.1. The van der Waals surface area contributed by atoms with Gasteiger partial charge in [0.1, 0.15) is 0 Å². The van der Waals surface area contributed by atoms with Crippen molar-refractivity contribution in [3.63, 3.8) is 0 Å². The van der Waals surface area contributed by atoms with Crippen LogP contribution in [-0.2, 0) is 45.8 Å². The molecule has 3 aromatic heterocycles. The molecule has 6 heteroatoms. The van der Waals surface area contributed by atoms with Gasteiger partial charge in [-0.2, -0.15) is 57.7 Å². The second kappa shape index (κ2) is 20.9. The number of hydrogen-bond acceptors (Lipinski definition) is 3. The van der Waals surface area contributed by atoms with Crippen LogP contribution in [0, 0.1) is 18.2 Å². The monoisotopic (exact) mass is 1070 g/mol. The van der Waals surface area contributed by atoms with Crippen molar-refractivity contribution >= 4 is 0 Å². The Bertz CT molecular complexity index is 3300. The van der Waals surface area contributed by atoms with E-state index in [9.17, 15) is 0 Å². The number of rotatable bonds is 14. The van der Waals surface area contributed by atoms with E-state index in [2.05, 4.69) is 217 Å². The van der Waals surface area contributed by atoms with Crippen molar-refractivity contribution in [2.45, 2.75) is 25.7 Å². The van der Waals surface area contributed by atoms with E-state index in [1.165, 1.54) is 44.5 Å². The molecule has 0 unspecified atom stereocenters. The van der Waals surface area contributed by atoms with E-state index in [1.807, 2.05) is 40.0 Å². The topological polar surface area (TPSA) is 48.5 Å². The molecule has 11 aromatic rings. The van der Waals surface area contributed by atoms with Crippen molar-refractivity contribution < 1.29 is 20.1 Å². The normalized spacial score (nSPS) is 11.0. The predicted molar refractivity (Wildman–Crippen MR) is 275 cm³/mol. The number of aryl methyl sites for hydroxylation is 4. The van der Waals surface area contributed by atoms with Crippen LogP contribution in [0.25, 0.3) is 78.3 Å². The van der Waals surface area contributed by atoms with Gasteiger partial charge in [0.05, 0.1) is 0 Å². The smallest absolute Gasteiger partial charge is 0.304 e. The zero-order chi connectivity index (χ0) is 45.5. The Labute approximate surface area is 417 Å². The van der Waals surface area contributed by atoms with Gasteiger partial charge in [0, 0.05) is 36.5 Å². The third-order valence-corrected chi connectivity index (χ3v) is 12.6. The van der Waals surface area contributed by atoms with E-state index in [4.69, 9.17) is 4.98 Å². The van der Waals surface area contributed by atoms with Crippen molar-refractivity contribution in [2.75, 3.05) is 0 Å². The van der Waals surface area contributed by atoms with Gasteiger partial charge in [0.2, 0.25) is 0 Å². The van der Waals surface area contributed by atoms with Crippen LogP contribution >= 0.6 is 0 Å². The molecule has 0 saturated heterocycles. The molecule has 69 heavy (non-hydrogen) atoms. The van der Waals surface area contributed by atoms with Crippen molar-refractivity contribution in [2.24, 2.45) is 0 Å². The number of benzene rings is 8. The van der Waals surface area contributed by atoms with E-state index in [0.717, 1.165) is 81.7 Å². The molecule has 8 aromatic carbocycles. The van der Waals surface area contributed by atoms with E-state index >= 15 is 0 Å². The molecule has 0 bridgehead atoms. The molecular weight excluding hydrogens is 1020 g/mol. The summed E-state index contributed by atoms with van der Waals surface area (Å²) in [6, 6.07) is 81.5. The summed E-state index contributed by atoms with van der Waals surface area (Å²) in [6.07, 6.45) is 13.1. The molecule has 0 spiro atoms. The number of nitrogens with zero attached hydrogens (tertiary/aromatic N) is 5. The molecule has 0 amide bonds. The molecule has 0 aliphatic carbocycles. The van der Waals surface area contributed by atoms with Gasteiger partial charge in [0.25, 0.3) is 0 Å². The average molecular weight is 1070 g/mol. The Hall–Kier alpha value is -8.02. The van der Waals surface area contributed by atoms with Gasteiger partial charge in [-0.3, -0.25) is 9.36 Å². The summed E-state index contributed by atoms with van der Waals surface area (Å²) in [4.78, 5) is 5.20. The summed E-state index contributed by atoms with van der Waals surface area (Å²) in [5.41, 5.74) is 20.2. The first-order chi connectivity index (χ1) is 33.7. The van der Waals surface area contributed by atoms with Crippen LogP contribution < -0.4 is 0 Å². The van der Waals surface area contributed by atoms with E-state index in [0.29, 0.717) is 0 Å². The fourth-order valence-electron chi connectivity index (χ4n) is 9.02. The second-order valence-corrected chi connectivity index (χ2v) is 17.1. The summed E-state index contributed by atoms with van der Waals surface area (Å²) < 4.78 is 3.69. The van der Waals surface area contributed by atoms with Crippen LogP contribution in [0.4, 0.5) is 0 Å². The van der Waals surface area contributed by atoms with E-state index in [1.54, 1.807) is 12.4 Å². The van der Waals surface area contributed by atoms with Crippen molar-refractivity contribution in [1.29, 1.82) is 0 Å². The minimum absolute atomic E-state index is 0. The van der Waals surface area contributed by atoms with Gasteiger partial charge in [-0.1, -0.05) is 146 Å². The minimum Gasteiger partial charge on any atom is -0.304 e. The van der Waals surface area contributed by atoms with Crippen molar-refractivity contribution in [1.82, 2.24) is 24.5 Å². The zero-order valence-electron chi connectivity index (χ0n) is 37.8. The Balaban J connectivity index is 0.00000553. The largest absolute Gasteiger partial charge is 3.00 e. The van der Waals surface area contributed by atoms with Crippen molar-refractivity contribution in [3.05, 3.63) is 272 Å². The van der Waals surface area contributed by atoms with Gasteiger partial charge in [-0.15, -0.1) is 47.5 Å². The molecule has 0 fully saturated rings. The SMILES string of the molecule is [Ir+3].[c-]1ccc(-c2ccccc2)cc1-c1cc(-c2ccc(-c3ccccc3)cc2)c(-c2ccccc2-c2cc(CCc3c[c-]c(-n4cccn4)cc3)cc(CCc3c[c-]c(-n4cccn4)cc3)c2)cn1. The minimum atomic E-state index is 0. The molecular formula is C63H46IrN5. The molecule has 3 heterocycles. The third kappa shape index (κ3) is 10.3. The number of hydrogen-bond donors (Lipinski definition) is 0. The molecule has 332 valence electrons. The fraction of sp³-hybridized carbons (Fsp3) is 0.0635. The molecule has 0 saturated carbocycles. The summed E-state index contributed by atoms with van der Waals surface area (Å²) in [6.45, 7) is 0. The maximum Gasteiger partial charge on any atom is 3.00 e. The number of aromatic nitrogens is 5. The summed E-state index contributed by atoms with van der Waals surface area (Å²) >= 11 is 0. The van der Waals surface area contributed by atoms with Crippen LogP contribution in [0.15, 0.2) is 231 Å². The average Bonchev–Trinajstić information content (AvgIpc) is 4.18. The van der Waals surface area contributed by atoms with Crippen LogP contribution in [0.2, 0.25) is 0 Å². The maximum atomic E-state index is 5.20. The summed E-state index contributed by atoms with van der Waals surface area (Å²) in [5.74, 6) is 0. The molecule has 11 rings (SSSR count). The predicted octanol–water partition coefficient (Wildman–Crippen LogP) is 14.4. The standard InChI is InChI=1S/C63H46N5.Ir/c1-3-12-50(13-4-1)52-28-30-53(31-29-52)61-44-63(55-17-9-16-54(43-55)51-14-5-2-6-15-51)64-45-62(61)60-19-8-7-18-59(60)56-41-48(22-20-46-24-32-57(33-25-46)67-38-10-36-65-67)40-49(42-56)23-21-47-26-34-58(35-27-47)68-39-11-37-66-68;/h1-16,18-19,24-32,34,36-45H,20-23H2;/q-3;+3. The van der Waals surface area contributed by atoms with Crippen molar-refractivity contribution in [3.8, 4) is 78.3 Å². The first-order valence-electron chi connectivity index (χ1n) is 23.1. The quantitative estimate of drug-likeness (QED) is 0.102. The van der Waals surface area contributed by atoms with E-state index in [-0.39, 0.29) is 20.1 Å². The molecule has 0 atom stereocenters.